The number of nitrogens with zero attached hydrogens (tertiary/aromatic N) is 4. The third-order valence-corrected chi connectivity index (χ3v) is 5.17. The maximum absolute atomic E-state index is 5.78. The average molecular weight is 397 g/mol. The van der Waals surface area contributed by atoms with E-state index < -0.39 is 0 Å². The first-order valence-corrected chi connectivity index (χ1v) is 10.0. The van der Waals surface area contributed by atoms with Crippen LogP contribution >= 0.6 is 12.2 Å². The molecule has 0 saturated heterocycles. The summed E-state index contributed by atoms with van der Waals surface area (Å²) in [6.07, 6.45) is 0. The van der Waals surface area contributed by atoms with Crippen LogP contribution in [0, 0.1) is 4.77 Å². The Morgan fingerprint density at radius 3 is 2.32 bits per heavy atom. The van der Waals surface area contributed by atoms with Gasteiger partial charge in [0, 0.05) is 18.2 Å². The molecule has 2 aromatic carbocycles. The highest BCUT2D eigenvalue weighted by molar-refractivity contribution is 7.71. The molecule has 3 rings (SSSR count). The molecule has 0 unspecified atom stereocenters. The molecule has 6 heteroatoms. The summed E-state index contributed by atoms with van der Waals surface area (Å²) >= 11 is 5.78. The van der Waals surface area contributed by atoms with Crippen LogP contribution in [-0.4, -0.2) is 32.9 Å². The van der Waals surface area contributed by atoms with Gasteiger partial charge in [-0.3, -0.25) is 9.47 Å². The molecule has 3 aromatic rings. The summed E-state index contributed by atoms with van der Waals surface area (Å²) in [5, 5.41) is 4.88. The van der Waals surface area contributed by atoms with E-state index in [0.29, 0.717) is 6.67 Å². The molecular formula is C22H28N4OS. The zero-order valence-electron chi connectivity index (χ0n) is 17.0. The fourth-order valence-electron chi connectivity index (χ4n) is 3.21. The molecule has 0 N–H and O–H groups in total. The quantitative estimate of drug-likeness (QED) is 0.493. The van der Waals surface area contributed by atoms with Crippen LogP contribution in [0.4, 0.5) is 0 Å². The Morgan fingerprint density at radius 1 is 1.07 bits per heavy atom. The van der Waals surface area contributed by atoms with Crippen molar-refractivity contribution in [1.82, 2.24) is 19.2 Å². The van der Waals surface area contributed by atoms with Crippen molar-refractivity contribution >= 4 is 12.2 Å². The highest BCUT2D eigenvalue weighted by atomic mass is 32.1. The van der Waals surface area contributed by atoms with E-state index in [1.54, 1.807) is 7.11 Å². The molecule has 1 heterocycles. The lowest BCUT2D eigenvalue weighted by molar-refractivity contribution is 0.207. The molecule has 0 bridgehead atoms. The van der Waals surface area contributed by atoms with Crippen molar-refractivity contribution < 1.29 is 4.74 Å². The highest BCUT2D eigenvalue weighted by Gasteiger charge is 2.17. The predicted molar refractivity (Wildman–Crippen MR) is 116 cm³/mol. The van der Waals surface area contributed by atoms with Crippen LogP contribution in [-0.2, 0) is 13.2 Å². The van der Waals surface area contributed by atoms with Gasteiger partial charge in [-0.05, 0) is 62.4 Å². The van der Waals surface area contributed by atoms with E-state index >= 15 is 0 Å². The van der Waals surface area contributed by atoms with Crippen LogP contribution in [0.3, 0.4) is 0 Å². The Hall–Kier alpha value is -2.44. The van der Waals surface area contributed by atoms with Crippen molar-refractivity contribution in [2.75, 3.05) is 13.7 Å². The molecule has 0 aliphatic heterocycles. The van der Waals surface area contributed by atoms with Gasteiger partial charge in [0.05, 0.1) is 13.8 Å². The van der Waals surface area contributed by atoms with Gasteiger partial charge in [0.1, 0.15) is 5.75 Å². The van der Waals surface area contributed by atoms with Crippen molar-refractivity contribution in [3.05, 3.63) is 64.9 Å². The summed E-state index contributed by atoms with van der Waals surface area (Å²) in [6.45, 7) is 8.88. The molecule has 1 aromatic heterocycles. The van der Waals surface area contributed by atoms with Crippen LogP contribution in [0.1, 0.15) is 32.4 Å². The second-order valence-corrected chi connectivity index (χ2v) is 7.44. The normalized spacial score (nSPS) is 11.4. The first-order valence-electron chi connectivity index (χ1n) is 9.63. The van der Waals surface area contributed by atoms with Crippen LogP contribution in [0.25, 0.3) is 11.4 Å². The standard InChI is InChI=1S/C22H28N4OS/c1-5-24(15-18-9-7-6-8-10-18)16-25-22(28)26(17(2)3)21(23-25)19-11-13-20(27-4)14-12-19/h6-14,17H,5,15-16H2,1-4H3. The summed E-state index contributed by atoms with van der Waals surface area (Å²) in [5.41, 5.74) is 2.32. The minimum Gasteiger partial charge on any atom is -0.497 e. The topological polar surface area (TPSA) is 35.2 Å². The minimum atomic E-state index is 0.225. The van der Waals surface area contributed by atoms with Crippen LogP contribution < -0.4 is 4.74 Å². The van der Waals surface area contributed by atoms with Crippen molar-refractivity contribution in [2.45, 2.75) is 40.0 Å². The number of hydrogen-bond acceptors (Lipinski definition) is 4. The lowest BCUT2D eigenvalue weighted by Gasteiger charge is -2.20. The van der Waals surface area contributed by atoms with E-state index in [9.17, 15) is 0 Å². The SMILES string of the molecule is CCN(Cc1ccccc1)Cn1nc(-c2ccc(OC)cc2)n(C(C)C)c1=S. The monoisotopic (exact) mass is 396 g/mol. The van der Waals surface area contributed by atoms with Crippen LogP contribution in [0.15, 0.2) is 54.6 Å². The minimum absolute atomic E-state index is 0.225. The summed E-state index contributed by atoms with van der Waals surface area (Å²) in [5.74, 6) is 1.72. The van der Waals surface area contributed by atoms with Gasteiger partial charge in [-0.15, -0.1) is 0 Å². The average Bonchev–Trinajstić information content (AvgIpc) is 3.04. The Bertz CT molecular complexity index is 945. The largest absolute Gasteiger partial charge is 0.497 e. The zero-order valence-corrected chi connectivity index (χ0v) is 17.8. The van der Waals surface area contributed by atoms with Crippen molar-refractivity contribution in [3.8, 4) is 17.1 Å². The number of ether oxygens (including phenoxy) is 1. The summed E-state index contributed by atoms with van der Waals surface area (Å²) in [6, 6.07) is 18.7. The first kappa shape index (κ1) is 20.3. The second-order valence-electron chi connectivity index (χ2n) is 7.07. The predicted octanol–water partition coefficient (Wildman–Crippen LogP) is 5.15. The summed E-state index contributed by atoms with van der Waals surface area (Å²) in [7, 11) is 1.67. The molecule has 0 atom stereocenters. The van der Waals surface area contributed by atoms with Gasteiger partial charge in [0.2, 0.25) is 0 Å². The molecular weight excluding hydrogens is 368 g/mol. The Balaban J connectivity index is 1.91. The fraction of sp³-hybridized carbons (Fsp3) is 0.364. The summed E-state index contributed by atoms with van der Waals surface area (Å²) < 4.78 is 10.1. The Morgan fingerprint density at radius 2 is 1.75 bits per heavy atom. The molecule has 0 spiro atoms. The molecule has 0 aliphatic rings. The molecule has 0 fully saturated rings. The van der Waals surface area contributed by atoms with Crippen molar-refractivity contribution in [1.29, 1.82) is 0 Å². The van der Waals surface area contributed by atoms with Crippen LogP contribution in [0.2, 0.25) is 0 Å². The van der Waals surface area contributed by atoms with Gasteiger partial charge in [-0.25, -0.2) is 4.68 Å². The number of rotatable bonds is 8. The molecule has 5 nitrogen and oxygen atoms in total. The fourth-order valence-corrected chi connectivity index (χ4v) is 3.60. The highest BCUT2D eigenvalue weighted by Crippen LogP contribution is 2.24. The number of benzene rings is 2. The summed E-state index contributed by atoms with van der Waals surface area (Å²) in [4.78, 5) is 2.33. The third kappa shape index (κ3) is 4.51. The van der Waals surface area contributed by atoms with Gasteiger partial charge in [0.25, 0.3) is 0 Å². The maximum atomic E-state index is 5.78. The number of hydrogen-bond donors (Lipinski definition) is 0. The van der Waals surface area contributed by atoms with E-state index in [2.05, 4.69) is 54.5 Å². The van der Waals surface area contributed by atoms with Gasteiger partial charge in [-0.1, -0.05) is 37.3 Å². The van der Waals surface area contributed by atoms with Gasteiger partial charge < -0.3 is 4.74 Å². The van der Waals surface area contributed by atoms with E-state index in [-0.39, 0.29) is 6.04 Å². The lowest BCUT2D eigenvalue weighted by atomic mass is 10.2. The third-order valence-electron chi connectivity index (χ3n) is 4.77. The smallest absolute Gasteiger partial charge is 0.199 e. The molecule has 28 heavy (non-hydrogen) atoms. The van der Waals surface area contributed by atoms with Crippen molar-refractivity contribution in [2.24, 2.45) is 0 Å². The molecule has 0 aliphatic carbocycles. The Labute approximate surface area is 172 Å². The van der Waals surface area contributed by atoms with Crippen LogP contribution in [0.5, 0.6) is 5.75 Å². The van der Waals surface area contributed by atoms with E-state index in [4.69, 9.17) is 22.1 Å². The number of aromatic nitrogens is 3. The molecule has 148 valence electrons. The van der Waals surface area contributed by atoms with E-state index in [1.165, 1.54) is 5.56 Å². The zero-order chi connectivity index (χ0) is 20.1. The molecule has 0 amide bonds. The molecule has 0 saturated carbocycles. The van der Waals surface area contributed by atoms with Gasteiger partial charge in [-0.2, -0.15) is 5.10 Å². The van der Waals surface area contributed by atoms with Gasteiger partial charge in [0.15, 0.2) is 10.6 Å². The first-order chi connectivity index (χ1) is 13.5. The second kappa shape index (κ2) is 9.17. The molecule has 0 radical (unpaired) electrons. The Kier molecular flexibility index (Phi) is 6.65. The van der Waals surface area contributed by atoms with E-state index in [0.717, 1.165) is 35.0 Å². The van der Waals surface area contributed by atoms with Gasteiger partial charge >= 0.3 is 0 Å². The maximum Gasteiger partial charge on any atom is 0.199 e. The van der Waals surface area contributed by atoms with E-state index in [1.807, 2.05) is 35.0 Å². The lowest BCUT2D eigenvalue weighted by Crippen LogP contribution is -2.26. The van der Waals surface area contributed by atoms with Crippen molar-refractivity contribution in [3.63, 3.8) is 0 Å². The number of methoxy groups -OCH3 is 1.